The van der Waals surface area contributed by atoms with Crippen LogP contribution in [0.1, 0.15) is 16.8 Å². The molecular formula is C12H12N2O2. The van der Waals surface area contributed by atoms with E-state index in [9.17, 15) is 9.59 Å². The minimum Gasteiger partial charge on any atom is -0.298 e. The van der Waals surface area contributed by atoms with Gasteiger partial charge in [0.15, 0.2) is 6.29 Å². The third-order valence-electron chi connectivity index (χ3n) is 2.67. The van der Waals surface area contributed by atoms with Crippen LogP contribution in [0.25, 0.3) is 0 Å². The molecule has 1 aliphatic heterocycles. The number of hydrogen-bond acceptors (Lipinski definition) is 3. The lowest BCUT2D eigenvalue weighted by molar-refractivity contribution is -0.117. The van der Waals surface area contributed by atoms with Gasteiger partial charge in [-0.25, -0.2) is 4.98 Å². The van der Waals surface area contributed by atoms with E-state index < -0.39 is 0 Å². The van der Waals surface area contributed by atoms with Crippen molar-refractivity contribution in [2.24, 2.45) is 5.92 Å². The van der Waals surface area contributed by atoms with Gasteiger partial charge in [0.2, 0.25) is 5.91 Å². The topological polar surface area (TPSA) is 50.3 Å². The average Bonchev–Trinajstić information content (AvgIpc) is 2.71. The third kappa shape index (κ3) is 1.86. The summed E-state index contributed by atoms with van der Waals surface area (Å²) in [5.74, 6) is 0.844. The highest BCUT2D eigenvalue weighted by molar-refractivity contribution is 5.95. The molecule has 0 radical (unpaired) electrons. The molecule has 0 bridgehead atoms. The van der Waals surface area contributed by atoms with Gasteiger partial charge in [-0.05, 0) is 12.1 Å². The molecule has 1 amide bonds. The van der Waals surface area contributed by atoms with E-state index in [-0.39, 0.29) is 11.8 Å². The zero-order valence-corrected chi connectivity index (χ0v) is 8.80. The summed E-state index contributed by atoms with van der Waals surface area (Å²) >= 11 is 0. The van der Waals surface area contributed by atoms with Crippen LogP contribution in [0.15, 0.2) is 31.0 Å². The van der Waals surface area contributed by atoms with Crippen LogP contribution in [-0.2, 0) is 4.79 Å². The van der Waals surface area contributed by atoms with Gasteiger partial charge in [-0.1, -0.05) is 6.08 Å². The zero-order chi connectivity index (χ0) is 11.5. The predicted octanol–water partition coefficient (Wildman–Crippen LogP) is 1.43. The highest BCUT2D eigenvalue weighted by Crippen LogP contribution is 2.23. The van der Waals surface area contributed by atoms with Gasteiger partial charge in [0.1, 0.15) is 5.82 Å². The molecule has 0 aliphatic carbocycles. The van der Waals surface area contributed by atoms with Gasteiger partial charge in [0.05, 0.1) is 0 Å². The molecule has 2 rings (SSSR count). The van der Waals surface area contributed by atoms with E-state index in [0.717, 1.165) is 6.29 Å². The fraction of sp³-hybridized carbons (Fsp3) is 0.250. The Bertz CT molecular complexity index is 425. The number of carbonyl (C=O) groups excluding carboxylic acids is 2. The lowest BCUT2D eigenvalue weighted by Gasteiger charge is -2.14. The molecule has 0 N–H and O–H groups in total. The largest absolute Gasteiger partial charge is 0.298 e. The Hall–Kier alpha value is -1.97. The number of anilines is 1. The molecule has 82 valence electrons. The Kier molecular flexibility index (Phi) is 2.81. The van der Waals surface area contributed by atoms with E-state index in [2.05, 4.69) is 11.6 Å². The summed E-state index contributed by atoms with van der Waals surface area (Å²) in [5, 5.41) is 0. The third-order valence-corrected chi connectivity index (χ3v) is 2.67. The van der Waals surface area contributed by atoms with Gasteiger partial charge in [-0.15, -0.1) is 6.58 Å². The number of pyridine rings is 1. The lowest BCUT2D eigenvalue weighted by atomic mass is 10.1. The molecule has 1 aromatic heterocycles. The van der Waals surface area contributed by atoms with Crippen molar-refractivity contribution in [2.45, 2.75) is 6.42 Å². The Morgan fingerprint density at radius 1 is 1.50 bits per heavy atom. The molecule has 1 saturated heterocycles. The van der Waals surface area contributed by atoms with Gasteiger partial charge in [-0.3, -0.25) is 14.5 Å². The van der Waals surface area contributed by atoms with Crippen molar-refractivity contribution in [3.05, 3.63) is 36.5 Å². The molecule has 0 saturated carbocycles. The van der Waals surface area contributed by atoms with Crippen molar-refractivity contribution in [3.63, 3.8) is 0 Å². The van der Waals surface area contributed by atoms with Crippen LogP contribution in [0, 0.1) is 5.92 Å². The Morgan fingerprint density at radius 2 is 2.31 bits per heavy atom. The first-order valence-corrected chi connectivity index (χ1v) is 5.08. The maximum atomic E-state index is 11.7. The van der Waals surface area contributed by atoms with Crippen LogP contribution >= 0.6 is 0 Å². The Balaban J connectivity index is 2.21. The molecule has 4 heteroatoms. The molecule has 1 unspecified atom stereocenters. The number of nitrogens with zero attached hydrogens (tertiary/aromatic N) is 2. The standard InChI is InChI=1S/C12H12N2O2/c1-2-9-5-12(16)14(7-9)11-4-3-10(8-15)6-13-11/h2-4,6,8-9H,1,5,7H2. The second-order valence-electron chi connectivity index (χ2n) is 3.77. The SMILES string of the molecule is C=CC1CC(=O)N(c2ccc(C=O)cn2)C1. The van der Waals surface area contributed by atoms with E-state index in [0.29, 0.717) is 24.3 Å². The molecule has 1 atom stereocenters. The van der Waals surface area contributed by atoms with Crippen molar-refractivity contribution in [2.75, 3.05) is 11.4 Å². The summed E-state index contributed by atoms with van der Waals surface area (Å²) in [6.45, 7) is 4.31. The van der Waals surface area contributed by atoms with E-state index in [1.54, 1.807) is 23.1 Å². The number of aldehydes is 1. The first-order valence-electron chi connectivity index (χ1n) is 5.08. The second-order valence-corrected chi connectivity index (χ2v) is 3.77. The molecular weight excluding hydrogens is 204 g/mol. The number of rotatable bonds is 3. The molecule has 2 heterocycles. The smallest absolute Gasteiger partial charge is 0.228 e. The monoisotopic (exact) mass is 216 g/mol. The van der Waals surface area contributed by atoms with Gasteiger partial charge in [0, 0.05) is 30.6 Å². The van der Waals surface area contributed by atoms with Gasteiger partial charge in [-0.2, -0.15) is 0 Å². The van der Waals surface area contributed by atoms with Crippen LogP contribution in [0.2, 0.25) is 0 Å². The molecule has 0 spiro atoms. The summed E-state index contributed by atoms with van der Waals surface area (Å²) in [7, 11) is 0. The van der Waals surface area contributed by atoms with Crippen LogP contribution in [0.5, 0.6) is 0 Å². The average molecular weight is 216 g/mol. The summed E-state index contributed by atoms with van der Waals surface area (Å²) in [6, 6.07) is 3.34. The minimum absolute atomic E-state index is 0.0521. The van der Waals surface area contributed by atoms with Crippen molar-refractivity contribution in [1.29, 1.82) is 0 Å². The zero-order valence-electron chi connectivity index (χ0n) is 8.80. The Morgan fingerprint density at radius 3 is 2.81 bits per heavy atom. The normalized spacial score (nSPS) is 19.9. The number of hydrogen-bond donors (Lipinski definition) is 0. The van der Waals surface area contributed by atoms with E-state index >= 15 is 0 Å². The van der Waals surface area contributed by atoms with Crippen molar-refractivity contribution < 1.29 is 9.59 Å². The maximum Gasteiger partial charge on any atom is 0.228 e. The van der Waals surface area contributed by atoms with Crippen LogP contribution < -0.4 is 4.90 Å². The quantitative estimate of drug-likeness (QED) is 0.567. The molecule has 1 aromatic rings. The fourth-order valence-electron chi connectivity index (χ4n) is 1.74. The summed E-state index contributed by atoms with van der Waals surface area (Å²) in [4.78, 5) is 27.9. The fourth-order valence-corrected chi connectivity index (χ4v) is 1.74. The summed E-state index contributed by atoms with van der Waals surface area (Å²) < 4.78 is 0. The maximum absolute atomic E-state index is 11.7. The van der Waals surface area contributed by atoms with E-state index in [4.69, 9.17) is 0 Å². The molecule has 1 fully saturated rings. The first kappa shape index (κ1) is 10.5. The van der Waals surface area contributed by atoms with Gasteiger partial charge >= 0.3 is 0 Å². The predicted molar refractivity (Wildman–Crippen MR) is 60.3 cm³/mol. The van der Waals surface area contributed by atoms with Gasteiger partial charge < -0.3 is 0 Å². The molecule has 16 heavy (non-hydrogen) atoms. The van der Waals surface area contributed by atoms with Crippen LogP contribution in [-0.4, -0.2) is 23.7 Å². The van der Waals surface area contributed by atoms with Crippen molar-refractivity contribution in [1.82, 2.24) is 4.98 Å². The molecule has 1 aliphatic rings. The summed E-state index contributed by atoms with van der Waals surface area (Å²) in [5.41, 5.74) is 0.510. The second kappa shape index (κ2) is 4.26. The molecule has 0 aromatic carbocycles. The minimum atomic E-state index is 0.0521. The van der Waals surface area contributed by atoms with Crippen LogP contribution in [0.4, 0.5) is 5.82 Å². The highest BCUT2D eigenvalue weighted by Gasteiger charge is 2.29. The number of aromatic nitrogens is 1. The van der Waals surface area contributed by atoms with Gasteiger partial charge in [0.25, 0.3) is 0 Å². The number of amides is 1. The lowest BCUT2D eigenvalue weighted by Crippen LogP contribution is -2.25. The number of carbonyl (C=O) groups is 2. The van der Waals surface area contributed by atoms with E-state index in [1.807, 2.05) is 0 Å². The first-order chi connectivity index (χ1) is 7.74. The van der Waals surface area contributed by atoms with Crippen molar-refractivity contribution in [3.8, 4) is 0 Å². The highest BCUT2D eigenvalue weighted by atomic mass is 16.2. The van der Waals surface area contributed by atoms with Crippen LogP contribution in [0.3, 0.4) is 0 Å². The Labute approximate surface area is 93.6 Å². The summed E-state index contributed by atoms with van der Waals surface area (Å²) in [6.07, 6.45) is 4.48. The van der Waals surface area contributed by atoms with Crippen molar-refractivity contribution >= 4 is 18.0 Å². The molecule has 4 nitrogen and oxygen atoms in total. The van der Waals surface area contributed by atoms with E-state index in [1.165, 1.54) is 6.20 Å².